The van der Waals surface area contributed by atoms with Gasteiger partial charge in [-0.1, -0.05) is 26.7 Å². The van der Waals surface area contributed by atoms with Gasteiger partial charge in [0.05, 0.1) is 5.69 Å². The van der Waals surface area contributed by atoms with Crippen LogP contribution in [0.3, 0.4) is 0 Å². The Morgan fingerprint density at radius 3 is 2.82 bits per heavy atom. The van der Waals surface area contributed by atoms with E-state index in [0.29, 0.717) is 0 Å². The second kappa shape index (κ2) is 5.56. The highest BCUT2D eigenvalue weighted by atomic mass is 15.2. The summed E-state index contributed by atoms with van der Waals surface area (Å²) in [6.07, 6.45) is 8.70. The molecule has 1 aliphatic carbocycles. The zero-order valence-corrected chi connectivity index (χ0v) is 11.4. The molecular formula is C14H25N3. The molecule has 0 unspecified atom stereocenters. The van der Waals surface area contributed by atoms with Crippen molar-refractivity contribution in [2.45, 2.75) is 58.9 Å². The van der Waals surface area contributed by atoms with Gasteiger partial charge in [-0.05, 0) is 32.1 Å². The molecule has 1 fully saturated rings. The van der Waals surface area contributed by atoms with Gasteiger partial charge in [-0.2, -0.15) is 0 Å². The van der Waals surface area contributed by atoms with E-state index in [0.717, 1.165) is 30.1 Å². The van der Waals surface area contributed by atoms with Crippen molar-refractivity contribution in [2.24, 2.45) is 5.92 Å². The van der Waals surface area contributed by atoms with Crippen molar-refractivity contribution in [3.05, 3.63) is 11.9 Å². The summed E-state index contributed by atoms with van der Waals surface area (Å²) in [5, 5.41) is 3.48. The Balaban J connectivity index is 1.74. The summed E-state index contributed by atoms with van der Waals surface area (Å²) in [4.78, 5) is 4.56. The maximum atomic E-state index is 4.56. The lowest BCUT2D eigenvalue weighted by Gasteiger charge is -2.09. The highest BCUT2D eigenvalue weighted by molar-refractivity contribution is 5.30. The fraction of sp³-hybridized carbons (Fsp3) is 0.786. The van der Waals surface area contributed by atoms with E-state index in [1.165, 1.54) is 32.1 Å². The van der Waals surface area contributed by atoms with E-state index in [-0.39, 0.29) is 0 Å². The molecule has 96 valence electrons. The molecule has 17 heavy (non-hydrogen) atoms. The highest BCUT2D eigenvalue weighted by Gasteiger charge is 2.25. The normalized spacial score (nSPS) is 15.5. The quantitative estimate of drug-likeness (QED) is 0.729. The number of rotatable bonds is 7. The monoisotopic (exact) mass is 235 g/mol. The lowest BCUT2D eigenvalue weighted by Crippen LogP contribution is -2.08. The summed E-state index contributed by atoms with van der Waals surface area (Å²) in [6, 6.07) is 0.717. The van der Waals surface area contributed by atoms with Crippen LogP contribution < -0.4 is 5.32 Å². The number of nitrogens with zero attached hydrogens (tertiary/aromatic N) is 2. The Kier molecular flexibility index (Phi) is 4.08. The highest BCUT2D eigenvalue weighted by Crippen LogP contribution is 2.37. The van der Waals surface area contributed by atoms with Gasteiger partial charge in [0.25, 0.3) is 0 Å². The Labute approximate surface area is 105 Å². The van der Waals surface area contributed by atoms with Gasteiger partial charge in [-0.25, -0.2) is 4.98 Å². The van der Waals surface area contributed by atoms with Gasteiger partial charge in [-0.3, -0.25) is 0 Å². The smallest absolute Gasteiger partial charge is 0.203 e. The fourth-order valence-electron chi connectivity index (χ4n) is 2.16. The van der Waals surface area contributed by atoms with Crippen molar-refractivity contribution in [1.29, 1.82) is 0 Å². The zero-order valence-electron chi connectivity index (χ0n) is 11.4. The summed E-state index contributed by atoms with van der Waals surface area (Å²) in [5.41, 5.74) is 1.13. The van der Waals surface area contributed by atoms with Gasteiger partial charge in [0, 0.05) is 18.8 Å². The van der Waals surface area contributed by atoms with Crippen molar-refractivity contribution >= 4 is 5.95 Å². The first-order chi connectivity index (χ1) is 8.16. The lowest BCUT2D eigenvalue weighted by atomic mass is 10.1. The van der Waals surface area contributed by atoms with Gasteiger partial charge in [0.2, 0.25) is 5.95 Å². The first-order valence-corrected chi connectivity index (χ1v) is 6.96. The molecule has 3 heteroatoms. The minimum absolute atomic E-state index is 0.717. The van der Waals surface area contributed by atoms with Crippen LogP contribution in [-0.4, -0.2) is 16.1 Å². The number of unbranched alkanes of at least 4 members (excludes halogenated alkanes) is 1. The average molecular weight is 235 g/mol. The van der Waals surface area contributed by atoms with Gasteiger partial charge < -0.3 is 9.88 Å². The molecule has 0 amide bonds. The molecule has 1 aromatic heterocycles. The summed E-state index contributed by atoms with van der Waals surface area (Å²) in [5.74, 6) is 1.90. The van der Waals surface area contributed by atoms with Crippen molar-refractivity contribution in [1.82, 2.24) is 9.55 Å². The molecule has 0 saturated heterocycles. The Bertz CT molecular complexity index is 350. The van der Waals surface area contributed by atoms with Crippen LogP contribution in [0.15, 0.2) is 6.20 Å². The molecule has 1 heterocycles. The number of aryl methyl sites for hydroxylation is 1. The molecule has 1 aromatic rings. The first kappa shape index (κ1) is 12.5. The number of aromatic nitrogens is 2. The van der Waals surface area contributed by atoms with E-state index in [1.807, 2.05) is 0 Å². The van der Waals surface area contributed by atoms with Gasteiger partial charge in [0.15, 0.2) is 0 Å². The number of hydrogen-bond donors (Lipinski definition) is 1. The predicted molar refractivity (Wildman–Crippen MR) is 72.4 cm³/mol. The molecule has 3 nitrogen and oxygen atoms in total. The van der Waals surface area contributed by atoms with Crippen LogP contribution in [0.1, 0.15) is 57.7 Å². The van der Waals surface area contributed by atoms with Gasteiger partial charge in [-0.15, -0.1) is 0 Å². The summed E-state index contributed by atoms with van der Waals surface area (Å²) in [7, 11) is 0. The molecule has 0 spiro atoms. The third-order valence-electron chi connectivity index (χ3n) is 3.28. The number of hydrogen-bond acceptors (Lipinski definition) is 2. The Morgan fingerprint density at radius 1 is 1.41 bits per heavy atom. The Hall–Kier alpha value is -0.990. The summed E-state index contributed by atoms with van der Waals surface area (Å²) >= 11 is 0. The molecular weight excluding hydrogens is 210 g/mol. The molecule has 0 aromatic carbocycles. The van der Waals surface area contributed by atoms with Crippen LogP contribution in [0.25, 0.3) is 0 Å². The van der Waals surface area contributed by atoms with Crippen LogP contribution in [0.2, 0.25) is 0 Å². The van der Waals surface area contributed by atoms with Gasteiger partial charge in [0.1, 0.15) is 0 Å². The molecule has 0 aliphatic heterocycles. The molecule has 0 atom stereocenters. The minimum Gasteiger partial charge on any atom is -0.356 e. The van der Waals surface area contributed by atoms with Crippen molar-refractivity contribution in [3.63, 3.8) is 0 Å². The SMILES string of the molecule is Cc1cn(C2CC2)c(NCCCCC(C)C)n1. The summed E-state index contributed by atoms with van der Waals surface area (Å²) in [6.45, 7) is 7.70. The lowest BCUT2D eigenvalue weighted by molar-refractivity contribution is 0.544. The third-order valence-corrected chi connectivity index (χ3v) is 3.28. The molecule has 1 N–H and O–H groups in total. The second-order valence-electron chi connectivity index (χ2n) is 5.66. The molecule has 2 rings (SSSR count). The molecule has 1 aliphatic rings. The van der Waals surface area contributed by atoms with E-state index in [1.54, 1.807) is 0 Å². The zero-order chi connectivity index (χ0) is 12.3. The summed E-state index contributed by atoms with van der Waals surface area (Å²) < 4.78 is 2.32. The molecule has 1 saturated carbocycles. The Morgan fingerprint density at radius 2 is 2.18 bits per heavy atom. The van der Waals surface area contributed by atoms with Crippen molar-refractivity contribution < 1.29 is 0 Å². The largest absolute Gasteiger partial charge is 0.356 e. The maximum absolute atomic E-state index is 4.56. The standard InChI is InChI=1S/C14H25N3/c1-11(2)6-4-5-9-15-14-16-12(3)10-17(14)13-7-8-13/h10-11,13H,4-9H2,1-3H3,(H,15,16). The van der Waals surface area contributed by atoms with E-state index in [2.05, 4.69) is 41.8 Å². The maximum Gasteiger partial charge on any atom is 0.203 e. The average Bonchev–Trinajstić information content (AvgIpc) is 3.03. The van der Waals surface area contributed by atoms with Crippen LogP contribution in [0, 0.1) is 12.8 Å². The number of anilines is 1. The van der Waals surface area contributed by atoms with Gasteiger partial charge >= 0.3 is 0 Å². The van der Waals surface area contributed by atoms with E-state index >= 15 is 0 Å². The predicted octanol–water partition coefficient (Wildman–Crippen LogP) is 3.76. The number of nitrogens with one attached hydrogen (secondary N) is 1. The fourth-order valence-corrected chi connectivity index (χ4v) is 2.16. The van der Waals surface area contributed by atoms with Crippen molar-refractivity contribution in [2.75, 3.05) is 11.9 Å². The van der Waals surface area contributed by atoms with Crippen LogP contribution in [0.4, 0.5) is 5.95 Å². The van der Waals surface area contributed by atoms with Crippen LogP contribution >= 0.6 is 0 Å². The van der Waals surface area contributed by atoms with Crippen molar-refractivity contribution in [3.8, 4) is 0 Å². The molecule has 0 bridgehead atoms. The van der Waals surface area contributed by atoms with E-state index < -0.39 is 0 Å². The molecule has 0 radical (unpaired) electrons. The van der Waals surface area contributed by atoms with Crippen LogP contribution in [0.5, 0.6) is 0 Å². The van der Waals surface area contributed by atoms with Crippen LogP contribution in [-0.2, 0) is 0 Å². The third kappa shape index (κ3) is 3.76. The first-order valence-electron chi connectivity index (χ1n) is 6.96. The van der Waals surface area contributed by atoms with E-state index in [4.69, 9.17) is 0 Å². The minimum atomic E-state index is 0.717. The number of imidazole rings is 1. The van der Waals surface area contributed by atoms with E-state index in [9.17, 15) is 0 Å². The topological polar surface area (TPSA) is 29.9 Å². The second-order valence-corrected chi connectivity index (χ2v) is 5.66.